The molecule has 0 spiro atoms. The average molecular weight is 244 g/mol. The zero-order valence-corrected chi connectivity index (χ0v) is 11.6. The number of rotatable bonds is 11. The van der Waals surface area contributed by atoms with E-state index < -0.39 is 0 Å². The normalized spacial score (nSPS) is 10.6. The lowest BCUT2D eigenvalue weighted by molar-refractivity contribution is 0.563. The highest BCUT2D eigenvalue weighted by atomic mass is 32.2. The van der Waals surface area contributed by atoms with Gasteiger partial charge in [0.15, 0.2) is 5.17 Å². The van der Waals surface area contributed by atoms with E-state index in [1.165, 1.54) is 76.0 Å². The molecule has 0 bridgehead atoms. The van der Waals surface area contributed by atoms with Crippen molar-refractivity contribution in [3.63, 3.8) is 0 Å². The molecule has 2 nitrogen and oxygen atoms in total. The first-order chi connectivity index (χ1) is 7.77. The largest absolute Gasteiger partial charge is 0.379 e. The van der Waals surface area contributed by atoms with Crippen molar-refractivity contribution in [1.82, 2.24) is 0 Å². The Morgan fingerprint density at radius 3 is 1.75 bits per heavy atom. The molecule has 0 aromatic rings. The molecule has 3 heteroatoms. The van der Waals surface area contributed by atoms with Gasteiger partial charge in [-0.1, -0.05) is 76.5 Å². The van der Waals surface area contributed by atoms with Crippen molar-refractivity contribution in [1.29, 1.82) is 5.41 Å². The molecule has 0 amide bonds. The Hall–Kier alpha value is -0.180. The minimum Gasteiger partial charge on any atom is -0.379 e. The van der Waals surface area contributed by atoms with Gasteiger partial charge in [-0.3, -0.25) is 5.41 Å². The van der Waals surface area contributed by atoms with Crippen molar-refractivity contribution in [3.05, 3.63) is 0 Å². The predicted molar refractivity (Wildman–Crippen MR) is 76.2 cm³/mol. The molecule has 0 aliphatic carbocycles. The van der Waals surface area contributed by atoms with Crippen LogP contribution in [0.3, 0.4) is 0 Å². The second-order valence-electron chi connectivity index (χ2n) is 4.39. The fourth-order valence-corrected chi connectivity index (χ4v) is 2.34. The molecule has 0 heterocycles. The van der Waals surface area contributed by atoms with Gasteiger partial charge >= 0.3 is 0 Å². The summed E-state index contributed by atoms with van der Waals surface area (Å²) in [5.41, 5.74) is 5.26. The maximum Gasteiger partial charge on any atom is 0.151 e. The molecule has 0 aliphatic rings. The van der Waals surface area contributed by atoms with Gasteiger partial charge in [0.25, 0.3) is 0 Å². The first-order valence-electron chi connectivity index (χ1n) is 6.74. The fraction of sp³-hybridized carbons (Fsp3) is 0.923. The van der Waals surface area contributed by atoms with Crippen LogP contribution in [0.2, 0.25) is 0 Å². The van der Waals surface area contributed by atoms with Gasteiger partial charge in [0.05, 0.1) is 0 Å². The van der Waals surface area contributed by atoms with E-state index in [9.17, 15) is 0 Å². The molecule has 0 fully saturated rings. The molecule has 0 rings (SSSR count). The number of amidine groups is 1. The first-order valence-corrected chi connectivity index (χ1v) is 7.72. The van der Waals surface area contributed by atoms with E-state index >= 15 is 0 Å². The lowest BCUT2D eigenvalue weighted by Crippen LogP contribution is -2.04. The Morgan fingerprint density at radius 1 is 0.875 bits per heavy atom. The number of nitrogens with two attached hydrogens (primary N) is 1. The molecule has 16 heavy (non-hydrogen) atoms. The lowest BCUT2D eigenvalue weighted by atomic mass is 10.1. The van der Waals surface area contributed by atoms with Crippen LogP contribution in [-0.4, -0.2) is 10.9 Å². The summed E-state index contributed by atoms with van der Waals surface area (Å²) < 4.78 is 0. The maximum absolute atomic E-state index is 7.06. The van der Waals surface area contributed by atoms with Gasteiger partial charge in [-0.05, 0) is 6.42 Å². The summed E-state index contributed by atoms with van der Waals surface area (Å²) in [6.45, 7) is 2.26. The Balaban J connectivity index is 2.90. The first kappa shape index (κ1) is 15.8. The summed E-state index contributed by atoms with van der Waals surface area (Å²) in [7, 11) is 0. The third-order valence-electron chi connectivity index (χ3n) is 2.76. The van der Waals surface area contributed by atoms with Gasteiger partial charge in [0.2, 0.25) is 0 Å². The van der Waals surface area contributed by atoms with Crippen molar-refractivity contribution >= 4 is 16.9 Å². The smallest absolute Gasteiger partial charge is 0.151 e. The molecule has 0 atom stereocenters. The van der Waals surface area contributed by atoms with Crippen LogP contribution < -0.4 is 5.73 Å². The summed E-state index contributed by atoms with van der Waals surface area (Å²) >= 11 is 1.47. The van der Waals surface area contributed by atoms with E-state index in [0.717, 1.165) is 5.75 Å². The minimum absolute atomic E-state index is 0.260. The monoisotopic (exact) mass is 244 g/mol. The van der Waals surface area contributed by atoms with Crippen LogP contribution in [-0.2, 0) is 0 Å². The molecule has 96 valence electrons. The van der Waals surface area contributed by atoms with Crippen LogP contribution in [0.1, 0.15) is 71.1 Å². The molecular formula is C13H28N2S. The summed E-state index contributed by atoms with van der Waals surface area (Å²) in [6.07, 6.45) is 13.7. The van der Waals surface area contributed by atoms with E-state index in [1.54, 1.807) is 0 Å². The zero-order chi connectivity index (χ0) is 12.1. The summed E-state index contributed by atoms with van der Waals surface area (Å²) in [6, 6.07) is 0. The Morgan fingerprint density at radius 2 is 1.31 bits per heavy atom. The molecule has 0 radical (unpaired) electrons. The van der Waals surface area contributed by atoms with Crippen LogP contribution in [0.5, 0.6) is 0 Å². The standard InChI is InChI=1S/C13H28N2S/c1-2-3-4-5-6-7-8-9-10-11-12-16-13(14)15/h2-12H2,1H3,(H3,14,15). The number of thioether (sulfide) groups is 1. The maximum atomic E-state index is 7.06. The van der Waals surface area contributed by atoms with Crippen molar-refractivity contribution in [2.45, 2.75) is 71.1 Å². The van der Waals surface area contributed by atoms with E-state index in [-0.39, 0.29) is 5.17 Å². The van der Waals surface area contributed by atoms with Crippen molar-refractivity contribution in [2.24, 2.45) is 5.73 Å². The van der Waals surface area contributed by atoms with Crippen LogP contribution in [0.15, 0.2) is 0 Å². The molecule has 0 saturated heterocycles. The quantitative estimate of drug-likeness (QED) is 0.318. The highest BCUT2D eigenvalue weighted by Gasteiger charge is 1.94. The van der Waals surface area contributed by atoms with Crippen LogP contribution in [0.4, 0.5) is 0 Å². The van der Waals surface area contributed by atoms with Gasteiger partial charge in [-0.15, -0.1) is 0 Å². The van der Waals surface area contributed by atoms with Crippen molar-refractivity contribution in [2.75, 3.05) is 5.75 Å². The molecule has 0 unspecified atom stereocenters. The molecular weight excluding hydrogens is 216 g/mol. The van der Waals surface area contributed by atoms with Crippen LogP contribution in [0, 0.1) is 5.41 Å². The van der Waals surface area contributed by atoms with Gasteiger partial charge in [0.1, 0.15) is 0 Å². The van der Waals surface area contributed by atoms with E-state index in [1.807, 2.05) is 0 Å². The number of unbranched alkanes of at least 4 members (excludes halogenated alkanes) is 9. The summed E-state index contributed by atoms with van der Waals surface area (Å²) in [5, 5.41) is 7.32. The van der Waals surface area contributed by atoms with Crippen molar-refractivity contribution in [3.8, 4) is 0 Å². The summed E-state index contributed by atoms with van der Waals surface area (Å²) in [5.74, 6) is 1.02. The number of hydrogen-bond donors (Lipinski definition) is 2. The predicted octanol–water partition coefficient (Wildman–Crippen LogP) is 4.53. The van der Waals surface area contributed by atoms with E-state index in [2.05, 4.69) is 6.92 Å². The van der Waals surface area contributed by atoms with Gasteiger partial charge in [-0.25, -0.2) is 0 Å². The Bertz CT molecular complexity index is 160. The topological polar surface area (TPSA) is 49.9 Å². The van der Waals surface area contributed by atoms with Crippen molar-refractivity contribution < 1.29 is 0 Å². The Kier molecular flexibility index (Phi) is 12.7. The molecule has 0 saturated carbocycles. The van der Waals surface area contributed by atoms with Gasteiger partial charge in [-0.2, -0.15) is 0 Å². The lowest BCUT2D eigenvalue weighted by Gasteiger charge is -2.02. The minimum atomic E-state index is 0.260. The van der Waals surface area contributed by atoms with Crippen LogP contribution >= 0.6 is 11.8 Å². The third-order valence-corrected chi connectivity index (χ3v) is 3.56. The second kappa shape index (κ2) is 12.9. The summed E-state index contributed by atoms with van der Waals surface area (Å²) in [4.78, 5) is 0. The van der Waals surface area contributed by atoms with E-state index in [4.69, 9.17) is 11.1 Å². The molecule has 0 aromatic heterocycles. The molecule has 3 N–H and O–H groups in total. The second-order valence-corrected chi connectivity index (χ2v) is 5.53. The van der Waals surface area contributed by atoms with Gasteiger partial charge in [0, 0.05) is 5.75 Å². The van der Waals surface area contributed by atoms with Gasteiger partial charge < -0.3 is 5.73 Å². The fourth-order valence-electron chi connectivity index (χ4n) is 1.77. The highest BCUT2D eigenvalue weighted by Crippen LogP contribution is 2.11. The third kappa shape index (κ3) is 13.8. The van der Waals surface area contributed by atoms with Crippen LogP contribution in [0.25, 0.3) is 0 Å². The SMILES string of the molecule is CCCCCCCCCCCCSC(=N)N. The Labute approximate surface area is 105 Å². The average Bonchev–Trinajstić information content (AvgIpc) is 2.25. The highest BCUT2D eigenvalue weighted by molar-refractivity contribution is 8.13. The number of nitrogens with one attached hydrogen (secondary N) is 1. The molecule has 0 aliphatic heterocycles. The number of hydrogen-bond acceptors (Lipinski definition) is 2. The van der Waals surface area contributed by atoms with E-state index in [0.29, 0.717) is 0 Å². The molecule has 0 aromatic carbocycles. The zero-order valence-electron chi connectivity index (χ0n) is 10.8.